The van der Waals surface area contributed by atoms with Gasteiger partial charge in [-0.3, -0.25) is 0 Å². The smallest absolute Gasteiger partial charge is 0.0640 e. The largest absolute Gasteiger partial charge is 0.383 e. The normalized spacial score (nSPS) is 21.2. The van der Waals surface area contributed by atoms with Crippen LogP contribution in [0, 0.1) is 5.92 Å². The summed E-state index contributed by atoms with van der Waals surface area (Å²) in [5.74, 6) is 1.58. The number of benzene rings is 1. The molecule has 0 radical (unpaired) electrons. The van der Waals surface area contributed by atoms with Gasteiger partial charge in [0.2, 0.25) is 0 Å². The molecule has 2 aliphatic carbocycles. The molecule has 0 amide bonds. The molecule has 0 bridgehead atoms. The molecule has 0 aromatic heterocycles. The Bertz CT molecular complexity index is 424. The van der Waals surface area contributed by atoms with Gasteiger partial charge >= 0.3 is 0 Å². The summed E-state index contributed by atoms with van der Waals surface area (Å²) in [4.78, 5) is 0. The van der Waals surface area contributed by atoms with Gasteiger partial charge in [0.05, 0.1) is 10.7 Å². The van der Waals surface area contributed by atoms with Gasteiger partial charge in [-0.1, -0.05) is 38.4 Å². The zero-order valence-corrected chi connectivity index (χ0v) is 13.2. The molecule has 19 heavy (non-hydrogen) atoms. The summed E-state index contributed by atoms with van der Waals surface area (Å²) in [5.41, 5.74) is 4.22. The van der Waals surface area contributed by atoms with Crippen molar-refractivity contribution in [2.45, 2.75) is 58.8 Å². The average molecular weight is 280 g/mol. The molecule has 1 fully saturated rings. The number of rotatable bonds is 3. The Morgan fingerprint density at radius 3 is 2.63 bits per heavy atom. The second-order valence-corrected chi connectivity index (χ2v) is 6.01. The zero-order valence-electron chi connectivity index (χ0n) is 12.4. The summed E-state index contributed by atoms with van der Waals surface area (Å²) < 4.78 is 0. The van der Waals surface area contributed by atoms with Crippen LogP contribution in [0.15, 0.2) is 12.1 Å². The first-order valence-electron chi connectivity index (χ1n) is 7.81. The molecule has 1 atom stereocenters. The van der Waals surface area contributed by atoms with Gasteiger partial charge in [0.25, 0.3) is 0 Å². The number of hydrogen-bond donors (Lipinski definition) is 1. The average Bonchev–Trinajstić information content (AvgIpc) is 3.24. The van der Waals surface area contributed by atoms with Gasteiger partial charge in [0.15, 0.2) is 0 Å². The Hall–Kier alpha value is -0.690. The van der Waals surface area contributed by atoms with E-state index in [0.717, 1.165) is 17.5 Å². The molecule has 1 saturated carbocycles. The van der Waals surface area contributed by atoms with Crippen LogP contribution in [0.5, 0.6) is 0 Å². The van der Waals surface area contributed by atoms with Crippen molar-refractivity contribution in [3.63, 3.8) is 0 Å². The number of halogens is 1. The van der Waals surface area contributed by atoms with E-state index in [9.17, 15) is 0 Å². The van der Waals surface area contributed by atoms with Gasteiger partial charge in [-0.25, -0.2) is 0 Å². The van der Waals surface area contributed by atoms with E-state index in [2.05, 4.69) is 24.4 Å². The highest BCUT2D eigenvalue weighted by Gasteiger charge is 2.24. The van der Waals surface area contributed by atoms with Gasteiger partial charge in [0, 0.05) is 6.54 Å². The Morgan fingerprint density at radius 2 is 1.95 bits per heavy atom. The lowest BCUT2D eigenvalue weighted by Gasteiger charge is -2.26. The first-order valence-corrected chi connectivity index (χ1v) is 8.18. The number of nitrogens with one attached hydrogen (secondary N) is 1. The Labute approximate surface area is 122 Å². The van der Waals surface area contributed by atoms with Gasteiger partial charge in [-0.15, -0.1) is 0 Å². The quantitative estimate of drug-likeness (QED) is 0.756. The van der Waals surface area contributed by atoms with Crippen molar-refractivity contribution in [2.75, 3.05) is 11.9 Å². The molecule has 0 aliphatic heterocycles. The van der Waals surface area contributed by atoms with Gasteiger partial charge in [-0.2, -0.15) is 0 Å². The van der Waals surface area contributed by atoms with Crippen molar-refractivity contribution in [1.29, 1.82) is 0 Å². The Morgan fingerprint density at radius 1 is 1.21 bits per heavy atom. The molecular weight excluding hydrogens is 254 g/mol. The molecule has 0 saturated heterocycles. The summed E-state index contributed by atoms with van der Waals surface area (Å²) in [6, 6.07) is 4.29. The van der Waals surface area contributed by atoms with Gasteiger partial charge in [-0.05, 0) is 61.1 Å². The molecule has 1 nitrogen and oxygen atoms in total. The van der Waals surface area contributed by atoms with E-state index in [4.69, 9.17) is 11.6 Å². The molecule has 0 unspecified atom stereocenters. The third-order valence-electron chi connectivity index (χ3n) is 4.16. The predicted molar refractivity (Wildman–Crippen MR) is 85.4 cm³/mol. The van der Waals surface area contributed by atoms with Crippen LogP contribution in [0.3, 0.4) is 0 Å². The molecule has 1 aromatic rings. The van der Waals surface area contributed by atoms with E-state index in [0.29, 0.717) is 5.92 Å². The lowest BCUT2D eigenvalue weighted by Crippen LogP contribution is -2.13. The highest BCUT2D eigenvalue weighted by atomic mass is 35.5. The lowest BCUT2D eigenvalue weighted by atomic mass is 9.83. The van der Waals surface area contributed by atoms with Crippen molar-refractivity contribution >= 4 is 17.3 Å². The zero-order chi connectivity index (χ0) is 13.8. The van der Waals surface area contributed by atoms with E-state index in [-0.39, 0.29) is 0 Å². The molecule has 0 heterocycles. The number of fused-ring (bicyclic) bond motifs is 1. The Balaban J connectivity index is 0.000000637. The van der Waals surface area contributed by atoms with Crippen molar-refractivity contribution in [2.24, 2.45) is 5.92 Å². The van der Waals surface area contributed by atoms with Crippen molar-refractivity contribution in [3.8, 4) is 0 Å². The monoisotopic (exact) mass is 279 g/mol. The van der Waals surface area contributed by atoms with Gasteiger partial charge in [0.1, 0.15) is 0 Å². The number of anilines is 1. The van der Waals surface area contributed by atoms with Crippen LogP contribution in [-0.2, 0) is 6.42 Å². The molecule has 0 spiro atoms. The highest BCUT2D eigenvalue weighted by molar-refractivity contribution is 6.33. The van der Waals surface area contributed by atoms with E-state index in [1.807, 2.05) is 13.8 Å². The fourth-order valence-electron chi connectivity index (χ4n) is 2.87. The highest BCUT2D eigenvalue weighted by Crippen LogP contribution is 2.39. The third-order valence-corrected chi connectivity index (χ3v) is 4.47. The van der Waals surface area contributed by atoms with Crippen molar-refractivity contribution < 1.29 is 0 Å². The minimum Gasteiger partial charge on any atom is -0.383 e. The SMILES string of the molecule is CC.C[C@H]1CCCc2c1ccc(Cl)c2NCC1CC1. The van der Waals surface area contributed by atoms with Crippen LogP contribution >= 0.6 is 11.6 Å². The predicted octanol–water partition coefficient (Wildman–Crippen LogP) is 5.63. The summed E-state index contributed by atoms with van der Waals surface area (Å²) >= 11 is 6.35. The van der Waals surface area contributed by atoms with E-state index in [1.54, 1.807) is 0 Å². The fraction of sp³-hybridized carbons (Fsp3) is 0.647. The second kappa shape index (κ2) is 6.65. The molecule has 1 N–H and O–H groups in total. The summed E-state index contributed by atoms with van der Waals surface area (Å²) in [6.45, 7) is 7.43. The number of hydrogen-bond acceptors (Lipinski definition) is 1. The summed E-state index contributed by atoms with van der Waals surface area (Å²) in [5, 5.41) is 4.49. The maximum atomic E-state index is 6.35. The molecule has 2 aliphatic rings. The Kier molecular flexibility index (Phi) is 5.15. The summed E-state index contributed by atoms with van der Waals surface area (Å²) in [6.07, 6.45) is 6.57. The standard InChI is InChI=1S/C15H20ClN.C2H6/c1-10-3-2-4-13-12(10)7-8-14(16)15(13)17-9-11-5-6-11;1-2/h7-8,10-11,17H,2-6,9H2,1H3;1-2H3/t10-;/m0./s1. The third kappa shape index (κ3) is 3.45. The van der Waals surface area contributed by atoms with E-state index in [1.165, 1.54) is 48.9 Å². The topological polar surface area (TPSA) is 12.0 Å². The van der Waals surface area contributed by atoms with Crippen LogP contribution < -0.4 is 5.32 Å². The van der Waals surface area contributed by atoms with Crippen molar-refractivity contribution in [3.05, 3.63) is 28.3 Å². The van der Waals surface area contributed by atoms with Crippen LogP contribution in [0.4, 0.5) is 5.69 Å². The van der Waals surface area contributed by atoms with Crippen LogP contribution in [-0.4, -0.2) is 6.54 Å². The first-order chi connectivity index (χ1) is 9.25. The molecule has 106 valence electrons. The minimum atomic E-state index is 0.692. The van der Waals surface area contributed by atoms with Crippen LogP contribution in [0.2, 0.25) is 5.02 Å². The van der Waals surface area contributed by atoms with Crippen LogP contribution in [0.1, 0.15) is 63.5 Å². The molecule has 2 heteroatoms. The van der Waals surface area contributed by atoms with E-state index >= 15 is 0 Å². The van der Waals surface area contributed by atoms with E-state index < -0.39 is 0 Å². The van der Waals surface area contributed by atoms with Gasteiger partial charge < -0.3 is 5.32 Å². The lowest BCUT2D eigenvalue weighted by molar-refractivity contribution is 0.591. The second-order valence-electron chi connectivity index (χ2n) is 5.61. The van der Waals surface area contributed by atoms with Crippen molar-refractivity contribution in [1.82, 2.24) is 0 Å². The maximum Gasteiger partial charge on any atom is 0.0640 e. The molecular formula is C17H26ClN. The summed E-state index contributed by atoms with van der Waals surface area (Å²) in [7, 11) is 0. The maximum absolute atomic E-state index is 6.35. The first kappa shape index (κ1) is 14.7. The molecule has 3 rings (SSSR count). The minimum absolute atomic E-state index is 0.692. The fourth-order valence-corrected chi connectivity index (χ4v) is 3.11. The molecule has 1 aromatic carbocycles. The van der Waals surface area contributed by atoms with Crippen LogP contribution in [0.25, 0.3) is 0 Å².